The molecule has 0 aromatic rings. The molecule has 0 spiro atoms. The summed E-state index contributed by atoms with van der Waals surface area (Å²) in [6, 6.07) is 0.592. The molecule has 3 N–H and O–H groups in total. The molecule has 0 amide bonds. The zero-order valence-corrected chi connectivity index (χ0v) is 8.75. The number of nitrogens with one attached hydrogen (secondary N) is 1. The molecular weight excluding hydrogens is 164 g/mol. The zero-order chi connectivity index (χ0) is 9.84. The smallest absolute Gasteiger partial charge is 0.208 e. The van der Waals surface area contributed by atoms with Crippen LogP contribution in [0.25, 0.3) is 0 Å². The molecular formula is C9H20N4. The van der Waals surface area contributed by atoms with Crippen molar-refractivity contribution < 1.29 is 0 Å². The standard InChI is InChI=1S/C9H20N4/c1-4-8-7(2)5-6-13(8)9(11-3)12-10/h7-8H,4-6,10H2,1-3H3,(H,11,12). The van der Waals surface area contributed by atoms with Gasteiger partial charge in [0.2, 0.25) is 5.96 Å². The fourth-order valence-corrected chi connectivity index (χ4v) is 2.17. The van der Waals surface area contributed by atoms with Gasteiger partial charge < -0.3 is 4.90 Å². The van der Waals surface area contributed by atoms with E-state index in [0.717, 1.165) is 24.8 Å². The Bertz CT molecular complexity index is 190. The molecule has 0 aromatic carbocycles. The molecule has 1 aliphatic heterocycles. The van der Waals surface area contributed by atoms with Gasteiger partial charge in [-0.25, -0.2) is 5.84 Å². The van der Waals surface area contributed by atoms with Gasteiger partial charge in [0.05, 0.1) is 0 Å². The van der Waals surface area contributed by atoms with Crippen molar-refractivity contribution in [1.82, 2.24) is 10.3 Å². The van der Waals surface area contributed by atoms with Crippen LogP contribution in [-0.2, 0) is 0 Å². The molecule has 4 nitrogen and oxygen atoms in total. The summed E-state index contributed by atoms with van der Waals surface area (Å²) < 4.78 is 0. The highest BCUT2D eigenvalue weighted by Gasteiger charge is 2.31. The molecule has 1 rings (SSSR count). The van der Waals surface area contributed by atoms with Crippen LogP contribution in [0.4, 0.5) is 0 Å². The molecule has 0 saturated carbocycles. The Balaban J connectivity index is 2.69. The normalized spacial score (nSPS) is 29.5. The number of nitrogens with zero attached hydrogens (tertiary/aromatic N) is 2. The molecule has 1 aliphatic rings. The largest absolute Gasteiger partial charge is 0.339 e. The zero-order valence-electron chi connectivity index (χ0n) is 8.75. The third-order valence-corrected chi connectivity index (χ3v) is 2.91. The van der Waals surface area contributed by atoms with E-state index in [1.807, 2.05) is 0 Å². The van der Waals surface area contributed by atoms with Crippen molar-refractivity contribution in [2.45, 2.75) is 32.7 Å². The topological polar surface area (TPSA) is 53.6 Å². The van der Waals surface area contributed by atoms with E-state index in [1.165, 1.54) is 6.42 Å². The predicted molar refractivity (Wildman–Crippen MR) is 55.2 cm³/mol. The van der Waals surface area contributed by atoms with Gasteiger partial charge in [-0.1, -0.05) is 13.8 Å². The number of guanidine groups is 1. The van der Waals surface area contributed by atoms with E-state index in [0.29, 0.717) is 6.04 Å². The monoisotopic (exact) mass is 184 g/mol. The second-order valence-electron chi connectivity index (χ2n) is 3.63. The van der Waals surface area contributed by atoms with Gasteiger partial charge in [-0.15, -0.1) is 0 Å². The van der Waals surface area contributed by atoms with Crippen LogP contribution in [0, 0.1) is 5.92 Å². The maximum atomic E-state index is 5.40. The minimum atomic E-state index is 0.592. The van der Waals surface area contributed by atoms with Crippen molar-refractivity contribution in [3.8, 4) is 0 Å². The minimum absolute atomic E-state index is 0.592. The Kier molecular flexibility index (Phi) is 3.54. The van der Waals surface area contributed by atoms with Crippen LogP contribution in [0.5, 0.6) is 0 Å². The summed E-state index contributed by atoms with van der Waals surface area (Å²) in [5, 5.41) is 0. The van der Waals surface area contributed by atoms with E-state index in [2.05, 4.69) is 29.2 Å². The Labute approximate surface area is 80.2 Å². The van der Waals surface area contributed by atoms with Gasteiger partial charge in [0.1, 0.15) is 0 Å². The first kappa shape index (κ1) is 10.3. The quantitative estimate of drug-likeness (QED) is 0.271. The summed E-state index contributed by atoms with van der Waals surface area (Å²) in [6.07, 6.45) is 2.39. The lowest BCUT2D eigenvalue weighted by atomic mass is 10.0. The molecule has 76 valence electrons. The van der Waals surface area contributed by atoms with Crippen molar-refractivity contribution in [1.29, 1.82) is 0 Å². The molecule has 1 heterocycles. The van der Waals surface area contributed by atoms with Gasteiger partial charge in [-0.05, 0) is 18.8 Å². The van der Waals surface area contributed by atoms with Gasteiger partial charge in [0.15, 0.2) is 0 Å². The lowest BCUT2D eigenvalue weighted by Crippen LogP contribution is -2.47. The Morgan fingerprint density at radius 2 is 2.38 bits per heavy atom. The number of aliphatic imine (C=N–C) groups is 1. The third-order valence-electron chi connectivity index (χ3n) is 2.91. The fourth-order valence-electron chi connectivity index (χ4n) is 2.17. The maximum absolute atomic E-state index is 5.40. The van der Waals surface area contributed by atoms with E-state index in [-0.39, 0.29) is 0 Å². The molecule has 0 radical (unpaired) electrons. The molecule has 4 heteroatoms. The van der Waals surface area contributed by atoms with Crippen molar-refractivity contribution in [3.63, 3.8) is 0 Å². The first-order chi connectivity index (χ1) is 6.24. The van der Waals surface area contributed by atoms with Crippen LogP contribution in [0.3, 0.4) is 0 Å². The molecule has 2 atom stereocenters. The van der Waals surface area contributed by atoms with Gasteiger partial charge in [-0.3, -0.25) is 10.4 Å². The molecule has 1 fully saturated rings. The first-order valence-electron chi connectivity index (χ1n) is 4.94. The van der Waals surface area contributed by atoms with Crippen molar-refractivity contribution in [2.75, 3.05) is 13.6 Å². The third kappa shape index (κ3) is 1.94. The summed E-state index contributed by atoms with van der Waals surface area (Å²) in [6.45, 7) is 5.57. The van der Waals surface area contributed by atoms with E-state index in [1.54, 1.807) is 7.05 Å². The van der Waals surface area contributed by atoms with Gasteiger partial charge in [0.25, 0.3) is 0 Å². The molecule has 1 saturated heterocycles. The molecule has 0 aromatic heterocycles. The molecule has 2 unspecified atom stereocenters. The van der Waals surface area contributed by atoms with Crippen LogP contribution in [0.1, 0.15) is 26.7 Å². The molecule has 13 heavy (non-hydrogen) atoms. The average molecular weight is 184 g/mol. The van der Waals surface area contributed by atoms with Crippen LogP contribution >= 0.6 is 0 Å². The fraction of sp³-hybridized carbons (Fsp3) is 0.889. The number of hydrogen-bond acceptors (Lipinski definition) is 2. The molecule has 0 bridgehead atoms. The second kappa shape index (κ2) is 4.46. The highest BCUT2D eigenvalue weighted by molar-refractivity contribution is 5.79. The number of likely N-dealkylation sites (tertiary alicyclic amines) is 1. The van der Waals surface area contributed by atoms with Gasteiger partial charge in [-0.2, -0.15) is 0 Å². The van der Waals surface area contributed by atoms with Crippen molar-refractivity contribution >= 4 is 5.96 Å². The van der Waals surface area contributed by atoms with E-state index >= 15 is 0 Å². The average Bonchev–Trinajstić information content (AvgIpc) is 2.50. The van der Waals surface area contributed by atoms with E-state index < -0.39 is 0 Å². The Morgan fingerprint density at radius 3 is 2.85 bits per heavy atom. The van der Waals surface area contributed by atoms with Crippen LogP contribution in [0.2, 0.25) is 0 Å². The van der Waals surface area contributed by atoms with Crippen LogP contribution in [0.15, 0.2) is 4.99 Å². The lowest BCUT2D eigenvalue weighted by molar-refractivity contribution is 0.325. The van der Waals surface area contributed by atoms with E-state index in [9.17, 15) is 0 Å². The van der Waals surface area contributed by atoms with Crippen molar-refractivity contribution in [3.05, 3.63) is 0 Å². The summed E-state index contributed by atoms with van der Waals surface area (Å²) >= 11 is 0. The van der Waals surface area contributed by atoms with Gasteiger partial charge >= 0.3 is 0 Å². The molecule has 0 aliphatic carbocycles. The maximum Gasteiger partial charge on any atom is 0.208 e. The Morgan fingerprint density at radius 1 is 1.69 bits per heavy atom. The Hall–Kier alpha value is -0.770. The number of hydrogen-bond donors (Lipinski definition) is 2. The first-order valence-corrected chi connectivity index (χ1v) is 4.94. The van der Waals surface area contributed by atoms with Gasteiger partial charge in [0, 0.05) is 19.6 Å². The van der Waals surface area contributed by atoms with Crippen LogP contribution < -0.4 is 11.3 Å². The highest BCUT2D eigenvalue weighted by Crippen LogP contribution is 2.25. The summed E-state index contributed by atoms with van der Waals surface area (Å²) in [5.41, 5.74) is 2.65. The summed E-state index contributed by atoms with van der Waals surface area (Å²) in [5.74, 6) is 6.96. The minimum Gasteiger partial charge on any atom is -0.339 e. The summed E-state index contributed by atoms with van der Waals surface area (Å²) in [4.78, 5) is 6.40. The highest BCUT2D eigenvalue weighted by atomic mass is 15.4. The number of rotatable bonds is 1. The lowest BCUT2D eigenvalue weighted by Gasteiger charge is -2.28. The summed E-state index contributed by atoms with van der Waals surface area (Å²) in [7, 11) is 1.77. The van der Waals surface area contributed by atoms with E-state index in [4.69, 9.17) is 5.84 Å². The van der Waals surface area contributed by atoms with Crippen molar-refractivity contribution in [2.24, 2.45) is 16.8 Å². The predicted octanol–water partition coefficient (Wildman–Crippen LogP) is 0.556. The number of nitrogens with two attached hydrogens (primary N) is 1. The van der Waals surface area contributed by atoms with Crippen LogP contribution in [-0.4, -0.2) is 30.5 Å². The number of hydrazine groups is 1. The second-order valence-corrected chi connectivity index (χ2v) is 3.63. The SMILES string of the molecule is CCC1C(C)CCN1C(=NC)NN.